The Kier molecular flexibility index (Phi) is 5.53. The maximum atomic E-state index is 11.9. The van der Waals surface area contributed by atoms with Crippen LogP contribution in [0.3, 0.4) is 0 Å². The van der Waals surface area contributed by atoms with Crippen LogP contribution in [0.5, 0.6) is 0 Å². The van der Waals surface area contributed by atoms with Gasteiger partial charge >= 0.3 is 0 Å². The van der Waals surface area contributed by atoms with Crippen LogP contribution in [0.25, 0.3) is 0 Å². The summed E-state index contributed by atoms with van der Waals surface area (Å²) >= 11 is 0. The van der Waals surface area contributed by atoms with Crippen LogP contribution in [0.15, 0.2) is 12.2 Å². The van der Waals surface area contributed by atoms with Crippen molar-refractivity contribution in [1.82, 2.24) is 4.90 Å². The maximum absolute atomic E-state index is 11.9. The van der Waals surface area contributed by atoms with Gasteiger partial charge in [0, 0.05) is 26.1 Å². The van der Waals surface area contributed by atoms with Crippen LogP contribution < -0.4 is 0 Å². The van der Waals surface area contributed by atoms with Gasteiger partial charge in [-0.25, -0.2) is 0 Å². The lowest BCUT2D eigenvalue weighted by Crippen LogP contribution is -2.32. The van der Waals surface area contributed by atoms with E-state index < -0.39 is 0 Å². The van der Waals surface area contributed by atoms with Gasteiger partial charge in [0.2, 0.25) is 5.91 Å². The van der Waals surface area contributed by atoms with Gasteiger partial charge in [-0.05, 0) is 33.1 Å². The van der Waals surface area contributed by atoms with E-state index in [1.807, 2.05) is 18.7 Å². The van der Waals surface area contributed by atoms with Crippen molar-refractivity contribution in [3.05, 3.63) is 12.2 Å². The molecule has 1 aliphatic rings. The molecule has 0 aromatic carbocycles. The molecule has 3 nitrogen and oxygen atoms in total. The smallest absolute Gasteiger partial charge is 0.222 e. The Morgan fingerprint density at radius 2 is 2.31 bits per heavy atom. The zero-order valence-electron chi connectivity index (χ0n) is 10.5. The summed E-state index contributed by atoms with van der Waals surface area (Å²) in [6.07, 6.45) is 4.03. The third-order valence-corrected chi connectivity index (χ3v) is 2.90. The summed E-state index contributed by atoms with van der Waals surface area (Å²) in [6.45, 7) is 10.1. The van der Waals surface area contributed by atoms with Crippen LogP contribution in [0.1, 0.15) is 39.5 Å². The minimum Gasteiger partial charge on any atom is -0.378 e. The predicted molar refractivity (Wildman–Crippen MR) is 65.3 cm³/mol. The molecule has 1 atom stereocenters. The quantitative estimate of drug-likeness (QED) is 0.649. The predicted octanol–water partition coefficient (Wildman–Crippen LogP) is 2.37. The van der Waals surface area contributed by atoms with Gasteiger partial charge in [0.1, 0.15) is 0 Å². The monoisotopic (exact) mass is 225 g/mol. The molecule has 1 rings (SSSR count). The third kappa shape index (κ3) is 4.35. The van der Waals surface area contributed by atoms with Crippen LogP contribution in [-0.2, 0) is 9.53 Å². The van der Waals surface area contributed by atoms with Crippen LogP contribution in [0.2, 0.25) is 0 Å². The molecule has 0 aromatic rings. The lowest BCUT2D eigenvalue weighted by atomic mass is 10.1. The molecule has 0 radical (unpaired) electrons. The average Bonchev–Trinajstić information content (AvgIpc) is 2.75. The van der Waals surface area contributed by atoms with Crippen molar-refractivity contribution in [3.63, 3.8) is 0 Å². The van der Waals surface area contributed by atoms with Crippen molar-refractivity contribution in [3.8, 4) is 0 Å². The molecule has 0 saturated carbocycles. The molecule has 0 spiro atoms. The van der Waals surface area contributed by atoms with Gasteiger partial charge < -0.3 is 9.64 Å². The molecular formula is C13H23NO2. The molecule has 0 aromatic heterocycles. The summed E-state index contributed by atoms with van der Waals surface area (Å²) in [6, 6.07) is 0. The first-order valence-electron chi connectivity index (χ1n) is 6.17. The van der Waals surface area contributed by atoms with E-state index in [1.54, 1.807) is 0 Å². The fraction of sp³-hybridized carbons (Fsp3) is 0.769. The number of carbonyl (C=O) groups excluding carboxylic acids is 1. The summed E-state index contributed by atoms with van der Waals surface area (Å²) in [5, 5.41) is 0. The number of nitrogens with zero attached hydrogens (tertiary/aromatic N) is 1. The fourth-order valence-corrected chi connectivity index (χ4v) is 2.02. The molecule has 1 fully saturated rings. The van der Waals surface area contributed by atoms with Gasteiger partial charge in [0.25, 0.3) is 0 Å². The SMILES string of the molecule is C=C(C)CN(CC)C(=O)CC[C@@H]1CCCO1. The van der Waals surface area contributed by atoms with E-state index in [9.17, 15) is 4.79 Å². The van der Waals surface area contributed by atoms with Gasteiger partial charge in [-0.1, -0.05) is 12.2 Å². The first-order valence-corrected chi connectivity index (χ1v) is 6.17. The van der Waals surface area contributed by atoms with E-state index in [4.69, 9.17) is 4.74 Å². The Morgan fingerprint density at radius 1 is 1.56 bits per heavy atom. The third-order valence-electron chi connectivity index (χ3n) is 2.90. The van der Waals surface area contributed by atoms with E-state index in [1.165, 1.54) is 0 Å². The Balaban J connectivity index is 2.28. The zero-order chi connectivity index (χ0) is 12.0. The summed E-state index contributed by atoms with van der Waals surface area (Å²) in [5.41, 5.74) is 1.03. The topological polar surface area (TPSA) is 29.5 Å². The number of hydrogen-bond acceptors (Lipinski definition) is 2. The fourth-order valence-electron chi connectivity index (χ4n) is 2.02. The van der Waals surface area contributed by atoms with Crippen molar-refractivity contribution in [2.24, 2.45) is 0 Å². The second-order valence-electron chi connectivity index (χ2n) is 4.54. The highest BCUT2D eigenvalue weighted by molar-refractivity contribution is 5.76. The summed E-state index contributed by atoms with van der Waals surface area (Å²) in [5.74, 6) is 0.223. The Labute approximate surface area is 98.5 Å². The molecule has 1 aliphatic heterocycles. The lowest BCUT2D eigenvalue weighted by Gasteiger charge is -2.21. The number of rotatable bonds is 6. The molecular weight excluding hydrogens is 202 g/mol. The Hall–Kier alpha value is -0.830. The minimum atomic E-state index is 0.223. The van der Waals surface area contributed by atoms with Crippen molar-refractivity contribution < 1.29 is 9.53 Å². The molecule has 1 saturated heterocycles. The van der Waals surface area contributed by atoms with Crippen LogP contribution >= 0.6 is 0 Å². The van der Waals surface area contributed by atoms with Crippen molar-refractivity contribution in [2.45, 2.75) is 45.6 Å². The van der Waals surface area contributed by atoms with E-state index in [2.05, 4.69) is 6.58 Å². The highest BCUT2D eigenvalue weighted by Crippen LogP contribution is 2.17. The van der Waals surface area contributed by atoms with E-state index in [-0.39, 0.29) is 5.91 Å². The Morgan fingerprint density at radius 3 is 2.81 bits per heavy atom. The van der Waals surface area contributed by atoms with E-state index in [0.717, 1.165) is 38.0 Å². The number of likely N-dealkylation sites (N-methyl/N-ethyl adjacent to an activating group) is 1. The molecule has 3 heteroatoms. The van der Waals surface area contributed by atoms with Crippen LogP contribution in [0.4, 0.5) is 0 Å². The molecule has 0 unspecified atom stereocenters. The van der Waals surface area contributed by atoms with Crippen LogP contribution in [0, 0.1) is 0 Å². The second-order valence-corrected chi connectivity index (χ2v) is 4.54. The summed E-state index contributed by atoms with van der Waals surface area (Å²) < 4.78 is 5.51. The van der Waals surface area contributed by atoms with E-state index in [0.29, 0.717) is 19.1 Å². The first kappa shape index (κ1) is 13.2. The molecule has 0 N–H and O–H groups in total. The van der Waals surface area contributed by atoms with Gasteiger partial charge in [-0.2, -0.15) is 0 Å². The largest absolute Gasteiger partial charge is 0.378 e. The number of amides is 1. The second kappa shape index (κ2) is 6.69. The highest BCUT2D eigenvalue weighted by atomic mass is 16.5. The minimum absolute atomic E-state index is 0.223. The van der Waals surface area contributed by atoms with Crippen LogP contribution in [-0.4, -0.2) is 36.6 Å². The standard InChI is InChI=1S/C13H23NO2/c1-4-14(10-11(2)3)13(15)8-7-12-6-5-9-16-12/h12H,2,4-10H2,1,3H3/t12-/m0/s1. The van der Waals surface area contributed by atoms with Gasteiger partial charge in [-0.15, -0.1) is 0 Å². The number of carbonyl (C=O) groups is 1. The van der Waals surface area contributed by atoms with Gasteiger partial charge in [0.15, 0.2) is 0 Å². The molecule has 92 valence electrons. The number of hydrogen-bond donors (Lipinski definition) is 0. The van der Waals surface area contributed by atoms with E-state index >= 15 is 0 Å². The Bertz CT molecular complexity index is 244. The summed E-state index contributed by atoms with van der Waals surface area (Å²) in [7, 11) is 0. The maximum Gasteiger partial charge on any atom is 0.222 e. The zero-order valence-corrected chi connectivity index (χ0v) is 10.5. The first-order chi connectivity index (χ1) is 7.63. The van der Waals surface area contributed by atoms with Gasteiger partial charge in [0.05, 0.1) is 6.10 Å². The molecule has 0 bridgehead atoms. The average molecular weight is 225 g/mol. The molecule has 16 heavy (non-hydrogen) atoms. The molecule has 1 amide bonds. The normalized spacial score (nSPS) is 19.8. The lowest BCUT2D eigenvalue weighted by molar-refractivity contribution is -0.131. The molecule has 1 heterocycles. The molecule has 0 aliphatic carbocycles. The van der Waals surface area contributed by atoms with Crippen molar-refractivity contribution >= 4 is 5.91 Å². The van der Waals surface area contributed by atoms with Crippen molar-refractivity contribution in [1.29, 1.82) is 0 Å². The summed E-state index contributed by atoms with van der Waals surface area (Å²) in [4.78, 5) is 13.8. The number of ether oxygens (including phenoxy) is 1. The van der Waals surface area contributed by atoms with Gasteiger partial charge in [-0.3, -0.25) is 4.79 Å². The van der Waals surface area contributed by atoms with Crippen molar-refractivity contribution in [2.75, 3.05) is 19.7 Å². The highest BCUT2D eigenvalue weighted by Gasteiger charge is 2.18.